The van der Waals surface area contributed by atoms with Gasteiger partial charge in [0.1, 0.15) is 0 Å². The lowest BCUT2D eigenvalue weighted by molar-refractivity contribution is 0.478. The average molecular weight is 396 g/mol. The second-order valence-electron chi connectivity index (χ2n) is 11.1. The largest absolute Gasteiger partial charge is 0.261 e. The Morgan fingerprint density at radius 1 is 0.931 bits per heavy atom. The van der Waals surface area contributed by atoms with Crippen LogP contribution in [-0.2, 0) is 18.3 Å². The Balaban J connectivity index is 2.14. The SMILES string of the molecule is CCC1=CC(C)CC(CCCCc2nccc(CC)c2C(C)(C)C)=C1C(C)(C)C. The van der Waals surface area contributed by atoms with E-state index < -0.39 is 0 Å². The summed E-state index contributed by atoms with van der Waals surface area (Å²) in [7, 11) is 0. The standard InChI is InChI=1S/C28H45N/c1-10-21-16-17-29-24(26(21)28(7,8)9)15-13-12-14-23-19-20(3)18-22(11-2)25(23)27(4,5)6/h16-18,20H,10-15,19H2,1-9H3. The first kappa shape index (κ1) is 23.9. The van der Waals surface area contributed by atoms with Crippen LogP contribution in [0.2, 0.25) is 0 Å². The van der Waals surface area contributed by atoms with Crippen molar-refractivity contribution in [2.45, 2.75) is 113 Å². The van der Waals surface area contributed by atoms with Crippen molar-refractivity contribution >= 4 is 0 Å². The molecule has 29 heavy (non-hydrogen) atoms. The van der Waals surface area contributed by atoms with Gasteiger partial charge >= 0.3 is 0 Å². The molecule has 0 saturated carbocycles. The highest BCUT2D eigenvalue weighted by atomic mass is 14.7. The summed E-state index contributed by atoms with van der Waals surface area (Å²) in [5, 5.41) is 0. The van der Waals surface area contributed by atoms with Gasteiger partial charge in [-0.3, -0.25) is 4.98 Å². The smallest absolute Gasteiger partial charge is 0.0443 e. The zero-order valence-electron chi connectivity index (χ0n) is 20.7. The van der Waals surface area contributed by atoms with Crippen LogP contribution in [0.4, 0.5) is 0 Å². The van der Waals surface area contributed by atoms with E-state index in [0.717, 1.165) is 19.3 Å². The van der Waals surface area contributed by atoms with Crippen LogP contribution in [0, 0.1) is 11.3 Å². The maximum Gasteiger partial charge on any atom is 0.0443 e. The molecule has 1 heteroatoms. The lowest BCUT2D eigenvalue weighted by atomic mass is 9.72. The van der Waals surface area contributed by atoms with Crippen LogP contribution in [0.25, 0.3) is 0 Å². The summed E-state index contributed by atoms with van der Waals surface area (Å²) in [6.45, 7) is 21.1. The Morgan fingerprint density at radius 2 is 1.59 bits per heavy atom. The second kappa shape index (κ2) is 9.63. The summed E-state index contributed by atoms with van der Waals surface area (Å²) in [6, 6.07) is 2.21. The van der Waals surface area contributed by atoms with Gasteiger partial charge in [-0.25, -0.2) is 0 Å². The van der Waals surface area contributed by atoms with E-state index >= 15 is 0 Å². The van der Waals surface area contributed by atoms with Gasteiger partial charge in [0.2, 0.25) is 0 Å². The van der Waals surface area contributed by atoms with E-state index in [1.807, 2.05) is 6.20 Å². The van der Waals surface area contributed by atoms with Gasteiger partial charge in [0, 0.05) is 11.9 Å². The van der Waals surface area contributed by atoms with Crippen molar-refractivity contribution in [3.05, 3.63) is 51.9 Å². The number of rotatable bonds is 7. The molecule has 0 aromatic carbocycles. The molecular weight excluding hydrogens is 350 g/mol. The highest BCUT2D eigenvalue weighted by Crippen LogP contribution is 2.42. The van der Waals surface area contributed by atoms with Crippen molar-refractivity contribution in [1.82, 2.24) is 4.98 Å². The van der Waals surface area contributed by atoms with Gasteiger partial charge < -0.3 is 0 Å². The van der Waals surface area contributed by atoms with Gasteiger partial charge in [0.15, 0.2) is 0 Å². The van der Waals surface area contributed by atoms with E-state index in [1.54, 1.807) is 16.7 Å². The highest BCUT2D eigenvalue weighted by Gasteiger charge is 2.27. The molecule has 1 aromatic heterocycles. The Morgan fingerprint density at radius 3 is 2.14 bits per heavy atom. The third-order valence-corrected chi connectivity index (χ3v) is 6.25. The zero-order valence-corrected chi connectivity index (χ0v) is 20.7. The molecule has 2 rings (SSSR count). The second-order valence-corrected chi connectivity index (χ2v) is 11.1. The molecule has 0 bridgehead atoms. The summed E-state index contributed by atoms with van der Waals surface area (Å²) in [6.07, 6.45) is 12.9. The topological polar surface area (TPSA) is 12.9 Å². The summed E-state index contributed by atoms with van der Waals surface area (Å²) >= 11 is 0. The van der Waals surface area contributed by atoms with Crippen molar-refractivity contribution in [1.29, 1.82) is 0 Å². The third-order valence-electron chi connectivity index (χ3n) is 6.25. The van der Waals surface area contributed by atoms with Crippen LogP contribution in [0.3, 0.4) is 0 Å². The monoisotopic (exact) mass is 395 g/mol. The number of nitrogens with zero attached hydrogens (tertiary/aromatic N) is 1. The van der Waals surface area contributed by atoms with Crippen LogP contribution < -0.4 is 0 Å². The van der Waals surface area contributed by atoms with Crippen molar-refractivity contribution < 1.29 is 0 Å². The first-order valence-electron chi connectivity index (χ1n) is 11.9. The quantitative estimate of drug-likeness (QED) is 0.422. The minimum atomic E-state index is 0.163. The van der Waals surface area contributed by atoms with Gasteiger partial charge in [-0.05, 0) is 90.0 Å². The molecule has 162 valence electrons. The van der Waals surface area contributed by atoms with Crippen molar-refractivity contribution in [3.8, 4) is 0 Å². The van der Waals surface area contributed by atoms with E-state index in [4.69, 9.17) is 4.98 Å². The molecule has 0 saturated heterocycles. The Kier molecular flexibility index (Phi) is 7.93. The molecule has 1 aliphatic rings. The number of allylic oxidation sites excluding steroid dienone is 4. The lowest BCUT2D eigenvalue weighted by Crippen LogP contribution is -2.19. The molecule has 0 radical (unpaired) electrons. The van der Waals surface area contributed by atoms with Crippen molar-refractivity contribution in [3.63, 3.8) is 0 Å². The van der Waals surface area contributed by atoms with Gasteiger partial charge in [-0.1, -0.05) is 74.0 Å². The molecule has 1 unspecified atom stereocenters. The summed E-state index contributed by atoms with van der Waals surface area (Å²) in [5.41, 5.74) is 9.66. The van der Waals surface area contributed by atoms with Gasteiger partial charge in [0.25, 0.3) is 0 Å². The van der Waals surface area contributed by atoms with Gasteiger partial charge in [0.05, 0.1) is 0 Å². The normalized spacial score (nSPS) is 18.2. The molecule has 1 aromatic rings. The molecule has 1 nitrogen and oxygen atoms in total. The number of hydrogen-bond donors (Lipinski definition) is 0. The summed E-state index contributed by atoms with van der Waals surface area (Å²) < 4.78 is 0. The maximum absolute atomic E-state index is 4.81. The lowest BCUT2D eigenvalue weighted by Gasteiger charge is -2.34. The molecule has 0 N–H and O–H groups in total. The Bertz CT molecular complexity index is 749. The number of pyridine rings is 1. The first-order valence-corrected chi connectivity index (χ1v) is 11.9. The summed E-state index contributed by atoms with van der Waals surface area (Å²) in [4.78, 5) is 4.81. The highest BCUT2D eigenvalue weighted by molar-refractivity contribution is 5.43. The fourth-order valence-electron chi connectivity index (χ4n) is 5.32. The maximum atomic E-state index is 4.81. The van der Waals surface area contributed by atoms with Crippen molar-refractivity contribution in [2.75, 3.05) is 0 Å². The van der Waals surface area contributed by atoms with E-state index in [9.17, 15) is 0 Å². The van der Waals surface area contributed by atoms with Crippen LogP contribution in [0.1, 0.15) is 111 Å². The third kappa shape index (κ3) is 6.06. The van der Waals surface area contributed by atoms with Crippen LogP contribution >= 0.6 is 0 Å². The van der Waals surface area contributed by atoms with Crippen molar-refractivity contribution in [2.24, 2.45) is 11.3 Å². The van der Waals surface area contributed by atoms with Crippen LogP contribution in [-0.4, -0.2) is 4.98 Å². The Labute approximate surface area is 181 Å². The van der Waals surface area contributed by atoms with Crippen LogP contribution in [0.5, 0.6) is 0 Å². The van der Waals surface area contributed by atoms with Gasteiger partial charge in [-0.2, -0.15) is 0 Å². The Hall–Kier alpha value is -1.37. The minimum Gasteiger partial charge on any atom is -0.261 e. The molecule has 1 atom stereocenters. The average Bonchev–Trinajstić information content (AvgIpc) is 2.62. The van der Waals surface area contributed by atoms with E-state index in [1.165, 1.54) is 42.5 Å². The number of aromatic nitrogens is 1. The minimum absolute atomic E-state index is 0.163. The predicted molar refractivity (Wildman–Crippen MR) is 129 cm³/mol. The fraction of sp³-hybridized carbons (Fsp3) is 0.679. The zero-order chi connectivity index (χ0) is 21.8. The molecule has 0 spiro atoms. The number of hydrogen-bond acceptors (Lipinski definition) is 1. The van der Waals surface area contributed by atoms with E-state index in [0.29, 0.717) is 5.92 Å². The molecule has 1 aliphatic carbocycles. The molecule has 0 amide bonds. The number of aryl methyl sites for hydroxylation is 2. The first-order chi connectivity index (χ1) is 13.5. The fourth-order valence-corrected chi connectivity index (χ4v) is 5.32. The molecule has 0 aliphatic heterocycles. The van der Waals surface area contributed by atoms with Gasteiger partial charge in [-0.15, -0.1) is 0 Å². The number of unbranched alkanes of at least 4 members (excludes halogenated alkanes) is 1. The van der Waals surface area contributed by atoms with E-state index in [2.05, 4.69) is 74.5 Å². The van der Waals surface area contributed by atoms with E-state index in [-0.39, 0.29) is 10.8 Å². The molecular formula is C28H45N. The molecule has 1 heterocycles. The molecule has 0 fully saturated rings. The predicted octanol–water partition coefficient (Wildman–Crippen LogP) is 8.37. The van der Waals surface area contributed by atoms with Crippen LogP contribution in [0.15, 0.2) is 35.1 Å². The summed E-state index contributed by atoms with van der Waals surface area (Å²) in [5.74, 6) is 0.682.